The smallest absolute Gasteiger partial charge is 0.303 e. The van der Waals surface area contributed by atoms with Crippen molar-refractivity contribution in [3.8, 4) is 0 Å². The van der Waals surface area contributed by atoms with Gasteiger partial charge in [-0.1, -0.05) is 50.6 Å². The van der Waals surface area contributed by atoms with Crippen LogP contribution in [-0.2, 0) is 4.79 Å². The van der Waals surface area contributed by atoms with E-state index in [-0.39, 0.29) is 17.6 Å². The maximum atomic E-state index is 12.4. The van der Waals surface area contributed by atoms with E-state index in [0.29, 0.717) is 6.42 Å². The van der Waals surface area contributed by atoms with Crippen molar-refractivity contribution in [3.05, 3.63) is 47.7 Å². The van der Waals surface area contributed by atoms with Crippen LogP contribution in [0.2, 0.25) is 0 Å². The number of likely N-dealkylation sites (tertiary alicyclic amines) is 1. The van der Waals surface area contributed by atoms with Crippen molar-refractivity contribution in [2.75, 3.05) is 13.1 Å². The molecule has 1 N–H and O–H groups in total. The molecule has 1 aromatic carbocycles. The molecule has 0 saturated carbocycles. The molecule has 1 aliphatic heterocycles. The monoisotopic (exact) mass is 329 g/mol. The zero-order chi connectivity index (χ0) is 17.6. The Morgan fingerprint density at radius 1 is 1.17 bits per heavy atom. The van der Waals surface area contributed by atoms with Crippen LogP contribution >= 0.6 is 0 Å². The van der Waals surface area contributed by atoms with Crippen LogP contribution in [0.4, 0.5) is 0 Å². The maximum absolute atomic E-state index is 12.4. The number of ketones is 1. The van der Waals surface area contributed by atoms with E-state index in [1.54, 1.807) is 6.08 Å². The van der Waals surface area contributed by atoms with Crippen molar-refractivity contribution in [2.24, 2.45) is 5.41 Å². The van der Waals surface area contributed by atoms with E-state index in [0.717, 1.165) is 43.6 Å². The number of rotatable bonds is 8. The van der Waals surface area contributed by atoms with Gasteiger partial charge in [0, 0.05) is 36.8 Å². The van der Waals surface area contributed by atoms with Gasteiger partial charge in [-0.3, -0.25) is 9.59 Å². The molecule has 2 rings (SSSR count). The molecule has 0 amide bonds. The Balaban J connectivity index is 1.96. The highest BCUT2D eigenvalue weighted by atomic mass is 16.4. The van der Waals surface area contributed by atoms with E-state index in [1.807, 2.05) is 30.3 Å². The van der Waals surface area contributed by atoms with Gasteiger partial charge in [-0.05, 0) is 24.7 Å². The van der Waals surface area contributed by atoms with Crippen LogP contribution < -0.4 is 0 Å². The van der Waals surface area contributed by atoms with Gasteiger partial charge in [-0.25, -0.2) is 0 Å². The number of carboxylic acids is 1. The molecule has 1 heterocycles. The fourth-order valence-electron chi connectivity index (χ4n) is 3.23. The van der Waals surface area contributed by atoms with Crippen LogP contribution in [0, 0.1) is 5.41 Å². The van der Waals surface area contributed by atoms with Crippen LogP contribution in [0.5, 0.6) is 0 Å². The van der Waals surface area contributed by atoms with Gasteiger partial charge in [-0.15, -0.1) is 0 Å². The molecule has 4 heteroatoms. The van der Waals surface area contributed by atoms with Crippen molar-refractivity contribution in [1.29, 1.82) is 0 Å². The highest BCUT2D eigenvalue weighted by Crippen LogP contribution is 2.36. The number of unbranched alkanes of at least 4 members (excludes halogenated alkanes) is 2. The highest BCUT2D eigenvalue weighted by molar-refractivity contribution is 6.04. The Labute approximate surface area is 144 Å². The minimum Gasteiger partial charge on any atom is -0.481 e. The van der Waals surface area contributed by atoms with Gasteiger partial charge in [0.05, 0.1) is 0 Å². The summed E-state index contributed by atoms with van der Waals surface area (Å²) in [6, 6.07) is 9.35. The van der Waals surface area contributed by atoms with E-state index in [2.05, 4.69) is 18.7 Å². The summed E-state index contributed by atoms with van der Waals surface area (Å²) < 4.78 is 0. The van der Waals surface area contributed by atoms with Gasteiger partial charge in [0.25, 0.3) is 0 Å². The Hall–Kier alpha value is -2.10. The third-order valence-electron chi connectivity index (χ3n) is 4.36. The summed E-state index contributed by atoms with van der Waals surface area (Å²) in [6.45, 7) is 6.27. The molecule has 0 aliphatic carbocycles. The summed E-state index contributed by atoms with van der Waals surface area (Å²) in [6.07, 6.45) is 5.50. The minimum atomic E-state index is -0.730. The topological polar surface area (TPSA) is 57.6 Å². The summed E-state index contributed by atoms with van der Waals surface area (Å²) >= 11 is 0. The molecule has 4 nitrogen and oxygen atoms in total. The highest BCUT2D eigenvalue weighted by Gasteiger charge is 2.32. The maximum Gasteiger partial charge on any atom is 0.303 e. The normalized spacial score (nSPS) is 18.1. The summed E-state index contributed by atoms with van der Waals surface area (Å²) in [7, 11) is 0. The lowest BCUT2D eigenvalue weighted by Crippen LogP contribution is -2.24. The molecule has 1 saturated heterocycles. The van der Waals surface area contributed by atoms with Gasteiger partial charge in [0.15, 0.2) is 5.78 Å². The average molecular weight is 329 g/mol. The number of aliphatic carboxylic acids is 1. The molecule has 0 unspecified atom stereocenters. The quantitative estimate of drug-likeness (QED) is 0.442. The number of allylic oxidation sites excluding steroid dienone is 2. The molecule has 0 spiro atoms. The lowest BCUT2D eigenvalue weighted by atomic mass is 9.92. The number of carbonyl (C=O) groups excluding carboxylic acids is 1. The molecule has 1 aromatic rings. The second-order valence-corrected chi connectivity index (χ2v) is 7.33. The van der Waals surface area contributed by atoms with Crippen LogP contribution in [-0.4, -0.2) is 34.8 Å². The van der Waals surface area contributed by atoms with Crippen molar-refractivity contribution >= 4 is 11.8 Å². The van der Waals surface area contributed by atoms with Gasteiger partial charge in [0.2, 0.25) is 0 Å². The molecular formula is C20H27NO3. The Kier molecular flexibility index (Phi) is 6.18. The second kappa shape index (κ2) is 8.13. The first-order chi connectivity index (χ1) is 11.4. The number of hydrogen-bond donors (Lipinski definition) is 1. The minimum absolute atomic E-state index is 0.0548. The number of carboxylic acid groups (broad SMARTS) is 1. The lowest BCUT2D eigenvalue weighted by Gasteiger charge is -2.22. The van der Waals surface area contributed by atoms with Crippen LogP contribution in [0.15, 0.2) is 42.1 Å². The first kappa shape index (κ1) is 18.2. The molecule has 130 valence electrons. The summed E-state index contributed by atoms with van der Waals surface area (Å²) in [5.41, 5.74) is 1.99. The zero-order valence-electron chi connectivity index (χ0n) is 14.6. The van der Waals surface area contributed by atoms with E-state index in [9.17, 15) is 9.59 Å². The van der Waals surface area contributed by atoms with Crippen LogP contribution in [0.3, 0.4) is 0 Å². The van der Waals surface area contributed by atoms with Gasteiger partial charge in [0.1, 0.15) is 0 Å². The van der Waals surface area contributed by atoms with Crippen LogP contribution in [0.1, 0.15) is 56.3 Å². The average Bonchev–Trinajstić information content (AvgIpc) is 2.81. The number of benzene rings is 1. The molecule has 0 radical (unpaired) electrons. The molecule has 0 aromatic heterocycles. The summed E-state index contributed by atoms with van der Waals surface area (Å²) in [5.74, 6) is -0.675. The van der Waals surface area contributed by atoms with Crippen LogP contribution in [0.25, 0.3) is 0 Å². The lowest BCUT2D eigenvalue weighted by molar-refractivity contribution is -0.137. The predicted molar refractivity (Wildman–Crippen MR) is 94.9 cm³/mol. The molecule has 1 aliphatic rings. The standard InChI is InChI=1S/C20H27NO3/c1-20(2)14-17(13-18(22)16-9-5-3-6-10-16)21(15-20)12-8-4-7-11-19(23)24/h3,5-6,9-10,13H,4,7-8,11-12,14-15H2,1-2H3,(H,23,24)/b17-13+. The van der Waals surface area contributed by atoms with Gasteiger partial charge in [-0.2, -0.15) is 0 Å². The van der Waals surface area contributed by atoms with E-state index >= 15 is 0 Å². The molecule has 0 bridgehead atoms. The van der Waals surface area contributed by atoms with E-state index in [4.69, 9.17) is 5.11 Å². The largest absolute Gasteiger partial charge is 0.481 e. The zero-order valence-corrected chi connectivity index (χ0v) is 14.6. The van der Waals surface area contributed by atoms with Gasteiger partial charge >= 0.3 is 5.97 Å². The Morgan fingerprint density at radius 3 is 2.54 bits per heavy atom. The van der Waals surface area contributed by atoms with Crippen molar-refractivity contribution in [1.82, 2.24) is 4.90 Å². The molecule has 0 atom stereocenters. The summed E-state index contributed by atoms with van der Waals surface area (Å²) in [4.78, 5) is 25.3. The number of carbonyl (C=O) groups is 2. The second-order valence-electron chi connectivity index (χ2n) is 7.33. The van der Waals surface area contributed by atoms with Gasteiger partial charge < -0.3 is 10.0 Å². The molecule has 1 fully saturated rings. The van der Waals surface area contributed by atoms with Crippen molar-refractivity contribution in [2.45, 2.75) is 46.0 Å². The Morgan fingerprint density at radius 2 is 1.88 bits per heavy atom. The molecule has 24 heavy (non-hydrogen) atoms. The number of hydrogen-bond acceptors (Lipinski definition) is 3. The van der Waals surface area contributed by atoms with Crippen molar-refractivity contribution < 1.29 is 14.7 Å². The fourth-order valence-corrected chi connectivity index (χ4v) is 3.23. The third kappa shape index (κ3) is 5.52. The van der Waals surface area contributed by atoms with Crippen molar-refractivity contribution in [3.63, 3.8) is 0 Å². The first-order valence-electron chi connectivity index (χ1n) is 8.64. The SMILES string of the molecule is CC1(C)C/C(=C\C(=O)c2ccccc2)N(CCCCCC(=O)O)C1. The van der Waals surface area contributed by atoms with E-state index in [1.165, 1.54) is 0 Å². The Bertz CT molecular complexity index is 605. The third-order valence-corrected chi connectivity index (χ3v) is 4.36. The summed E-state index contributed by atoms with van der Waals surface area (Å²) in [5, 5.41) is 8.69. The predicted octanol–water partition coefficient (Wildman–Crippen LogP) is 4.13. The first-order valence-corrected chi connectivity index (χ1v) is 8.64. The number of nitrogens with zero attached hydrogens (tertiary/aromatic N) is 1. The fraction of sp³-hybridized carbons (Fsp3) is 0.500. The molecular weight excluding hydrogens is 302 g/mol. The van der Waals surface area contributed by atoms with E-state index < -0.39 is 5.97 Å².